The number of hydrogen-bond acceptors (Lipinski definition) is 3. The fourth-order valence-corrected chi connectivity index (χ4v) is 3.84. The molecular formula is C16H18N4O. The highest BCUT2D eigenvalue weighted by atomic mass is 16.2. The van der Waals surface area contributed by atoms with E-state index in [0.717, 1.165) is 31.2 Å². The maximum Gasteiger partial charge on any atom is 0.254 e. The van der Waals surface area contributed by atoms with E-state index in [4.69, 9.17) is 0 Å². The molecular weight excluding hydrogens is 264 g/mol. The third kappa shape index (κ3) is 2.13. The summed E-state index contributed by atoms with van der Waals surface area (Å²) in [6, 6.07) is 6.70. The van der Waals surface area contributed by atoms with Crippen molar-refractivity contribution in [1.29, 1.82) is 0 Å². The summed E-state index contributed by atoms with van der Waals surface area (Å²) >= 11 is 0. The number of pyridine rings is 1. The third-order valence-corrected chi connectivity index (χ3v) is 4.77. The van der Waals surface area contributed by atoms with E-state index in [0.29, 0.717) is 18.1 Å². The first-order valence-corrected chi connectivity index (χ1v) is 7.55. The molecule has 4 rings (SSSR count). The number of carbonyl (C=O) groups is 1. The van der Waals surface area contributed by atoms with Crippen molar-refractivity contribution in [2.24, 2.45) is 0 Å². The highest BCUT2D eigenvalue weighted by molar-refractivity contribution is 5.94. The van der Waals surface area contributed by atoms with E-state index in [9.17, 15) is 4.79 Å². The second kappa shape index (κ2) is 4.98. The maximum absolute atomic E-state index is 12.7. The van der Waals surface area contributed by atoms with Gasteiger partial charge in [-0.3, -0.25) is 14.5 Å². The summed E-state index contributed by atoms with van der Waals surface area (Å²) in [4.78, 5) is 18.8. The van der Waals surface area contributed by atoms with Crippen LogP contribution < -0.4 is 0 Å². The van der Waals surface area contributed by atoms with Crippen LogP contribution in [0, 0.1) is 0 Å². The summed E-state index contributed by atoms with van der Waals surface area (Å²) in [5.74, 6) is 0.156. The molecule has 2 saturated heterocycles. The summed E-state index contributed by atoms with van der Waals surface area (Å²) in [6.45, 7) is 0. The van der Waals surface area contributed by atoms with Crippen LogP contribution in [-0.2, 0) is 0 Å². The standard InChI is InChI=1S/C16H18N4O/c21-16(12-4-7-17-8-5-12)20-13-2-3-14(20)11-15(10-13)19-9-1-6-18-19/h1,4-9,13-15H,2-3,10-11H2. The van der Waals surface area contributed by atoms with Crippen molar-refractivity contribution in [2.45, 2.75) is 43.8 Å². The topological polar surface area (TPSA) is 51.0 Å². The first-order valence-electron chi connectivity index (χ1n) is 7.55. The molecule has 1 amide bonds. The highest BCUT2D eigenvalue weighted by Crippen LogP contribution is 2.41. The van der Waals surface area contributed by atoms with Crippen molar-refractivity contribution in [3.05, 3.63) is 48.5 Å². The van der Waals surface area contributed by atoms with Gasteiger partial charge >= 0.3 is 0 Å². The SMILES string of the molecule is O=C(c1ccncc1)N1C2CCC1CC(n1cccn1)C2. The lowest BCUT2D eigenvalue weighted by Gasteiger charge is -2.39. The van der Waals surface area contributed by atoms with Crippen molar-refractivity contribution in [1.82, 2.24) is 19.7 Å². The van der Waals surface area contributed by atoms with E-state index in [-0.39, 0.29) is 5.91 Å². The largest absolute Gasteiger partial charge is 0.333 e. The first-order chi connectivity index (χ1) is 10.3. The van der Waals surface area contributed by atoms with Gasteiger partial charge in [-0.25, -0.2) is 0 Å². The Hall–Kier alpha value is -2.17. The molecule has 0 aliphatic carbocycles. The molecule has 2 aliphatic heterocycles. The van der Waals surface area contributed by atoms with Crippen LogP contribution in [0.25, 0.3) is 0 Å². The Morgan fingerprint density at radius 1 is 1.05 bits per heavy atom. The minimum atomic E-state index is 0.156. The zero-order valence-electron chi connectivity index (χ0n) is 11.8. The van der Waals surface area contributed by atoms with Gasteiger partial charge < -0.3 is 4.90 Å². The molecule has 2 aliphatic rings. The maximum atomic E-state index is 12.7. The van der Waals surface area contributed by atoms with Gasteiger partial charge in [0, 0.05) is 42.4 Å². The molecule has 21 heavy (non-hydrogen) atoms. The van der Waals surface area contributed by atoms with Crippen LogP contribution in [0.4, 0.5) is 0 Å². The van der Waals surface area contributed by atoms with Gasteiger partial charge in [0.05, 0.1) is 6.04 Å². The number of amides is 1. The highest BCUT2D eigenvalue weighted by Gasteiger charge is 2.43. The molecule has 4 heterocycles. The number of carbonyl (C=O) groups excluding carboxylic acids is 1. The van der Waals surface area contributed by atoms with E-state index < -0.39 is 0 Å². The minimum absolute atomic E-state index is 0.156. The van der Waals surface area contributed by atoms with Gasteiger partial charge in [0.25, 0.3) is 5.91 Å². The van der Waals surface area contributed by atoms with Crippen LogP contribution in [0.1, 0.15) is 42.1 Å². The Morgan fingerprint density at radius 2 is 1.76 bits per heavy atom. The monoisotopic (exact) mass is 282 g/mol. The molecule has 0 saturated carbocycles. The van der Waals surface area contributed by atoms with E-state index in [2.05, 4.69) is 19.7 Å². The Kier molecular flexibility index (Phi) is 2.98. The predicted molar refractivity (Wildman–Crippen MR) is 77.7 cm³/mol. The second-order valence-corrected chi connectivity index (χ2v) is 5.94. The number of rotatable bonds is 2. The van der Waals surface area contributed by atoms with Crippen LogP contribution in [0.5, 0.6) is 0 Å². The molecule has 0 aromatic carbocycles. The van der Waals surface area contributed by atoms with Gasteiger partial charge in [-0.15, -0.1) is 0 Å². The fourth-order valence-electron chi connectivity index (χ4n) is 3.84. The van der Waals surface area contributed by atoms with E-state index in [1.54, 1.807) is 24.5 Å². The summed E-state index contributed by atoms with van der Waals surface area (Å²) in [6.07, 6.45) is 11.5. The van der Waals surface area contributed by atoms with Crippen LogP contribution in [0.15, 0.2) is 43.0 Å². The lowest BCUT2D eigenvalue weighted by atomic mass is 9.96. The summed E-state index contributed by atoms with van der Waals surface area (Å²) < 4.78 is 2.06. The van der Waals surface area contributed by atoms with Crippen molar-refractivity contribution in [2.75, 3.05) is 0 Å². The van der Waals surface area contributed by atoms with Gasteiger partial charge in [-0.05, 0) is 43.9 Å². The van der Waals surface area contributed by atoms with Crippen LogP contribution in [0.2, 0.25) is 0 Å². The average molecular weight is 282 g/mol. The zero-order chi connectivity index (χ0) is 14.2. The lowest BCUT2D eigenvalue weighted by molar-refractivity contribution is 0.0524. The number of fused-ring (bicyclic) bond motifs is 2. The zero-order valence-corrected chi connectivity index (χ0v) is 11.8. The number of aromatic nitrogens is 3. The normalized spacial score (nSPS) is 27.8. The number of nitrogens with zero attached hydrogens (tertiary/aromatic N) is 4. The molecule has 5 heteroatoms. The molecule has 2 bridgehead atoms. The Labute approximate surface area is 123 Å². The lowest BCUT2D eigenvalue weighted by Crippen LogP contribution is -2.47. The summed E-state index contributed by atoms with van der Waals surface area (Å²) in [5.41, 5.74) is 0.749. The second-order valence-electron chi connectivity index (χ2n) is 5.94. The van der Waals surface area contributed by atoms with Gasteiger partial charge in [0.2, 0.25) is 0 Å². The molecule has 2 aromatic rings. The van der Waals surface area contributed by atoms with E-state index >= 15 is 0 Å². The molecule has 0 spiro atoms. The fraction of sp³-hybridized carbons (Fsp3) is 0.438. The summed E-state index contributed by atoms with van der Waals surface area (Å²) in [5, 5.41) is 4.37. The van der Waals surface area contributed by atoms with Crippen molar-refractivity contribution >= 4 is 5.91 Å². The van der Waals surface area contributed by atoms with Crippen LogP contribution in [-0.4, -0.2) is 37.7 Å². The van der Waals surface area contributed by atoms with Gasteiger partial charge in [0.1, 0.15) is 0 Å². The molecule has 2 unspecified atom stereocenters. The quantitative estimate of drug-likeness (QED) is 0.849. The van der Waals surface area contributed by atoms with Gasteiger partial charge in [-0.1, -0.05) is 0 Å². The average Bonchev–Trinajstić information content (AvgIpc) is 3.14. The Bertz CT molecular complexity index is 611. The Morgan fingerprint density at radius 3 is 2.38 bits per heavy atom. The minimum Gasteiger partial charge on any atom is -0.333 e. The summed E-state index contributed by atoms with van der Waals surface area (Å²) in [7, 11) is 0. The molecule has 2 atom stereocenters. The molecule has 2 fully saturated rings. The van der Waals surface area contributed by atoms with Crippen LogP contribution >= 0.6 is 0 Å². The van der Waals surface area contributed by atoms with Crippen molar-refractivity contribution in [3.8, 4) is 0 Å². The van der Waals surface area contributed by atoms with Gasteiger partial charge in [-0.2, -0.15) is 5.10 Å². The van der Waals surface area contributed by atoms with Crippen molar-refractivity contribution < 1.29 is 4.79 Å². The number of piperidine rings is 1. The first kappa shape index (κ1) is 12.6. The molecule has 5 nitrogen and oxygen atoms in total. The molecule has 0 radical (unpaired) electrons. The molecule has 108 valence electrons. The Balaban J connectivity index is 1.56. The van der Waals surface area contributed by atoms with E-state index in [1.807, 2.05) is 18.5 Å². The van der Waals surface area contributed by atoms with E-state index in [1.165, 1.54) is 0 Å². The van der Waals surface area contributed by atoms with Crippen molar-refractivity contribution in [3.63, 3.8) is 0 Å². The van der Waals surface area contributed by atoms with Gasteiger partial charge in [0.15, 0.2) is 0 Å². The molecule has 0 N–H and O–H groups in total. The predicted octanol–water partition coefficient (Wildman–Crippen LogP) is 2.29. The smallest absolute Gasteiger partial charge is 0.254 e. The molecule has 2 aromatic heterocycles. The third-order valence-electron chi connectivity index (χ3n) is 4.77. The number of hydrogen-bond donors (Lipinski definition) is 0. The van der Waals surface area contributed by atoms with Crippen LogP contribution in [0.3, 0.4) is 0 Å².